The SMILES string of the molecule is COC(=O)C(C)CS(=O)CCCC(C)(C)C#N. The lowest BCUT2D eigenvalue weighted by molar-refractivity contribution is -0.144. The second-order valence-electron chi connectivity index (χ2n) is 4.83. The van der Waals surface area contributed by atoms with Crippen LogP contribution in [0.15, 0.2) is 0 Å². The summed E-state index contributed by atoms with van der Waals surface area (Å²) < 4.78 is 16.2. The maximum Gasteiger partial charge on any atom is 0.309 e. The summed E-state index contributed by atoms with van der Waals surface area (Å²) in [6, 6.07) is 2.21. The van der Waals surface area contributed by atoms with Crippen molar-refractivity contribution in [1.82, 2.24) is 0 Å². The van der Waals surface area contributed by atoms with E-state index in [9.17, 15) is 9.00 Å². The van der Waals surface area contributed by atoms with E-state index in [0.29, 0.717) is 11.5 Å². The molecule has 17 heavy (non-hydrogen) atoms. The molecule has 0 aromatic carbocycles. The lowest BCUT2D eigenvalue weighted by atomic mass is 9.90. The molecule has 0 aromatic heterocycles. The third-order valence-electron chi connectivity index (χ3n) is 2.52. The van der Waals surface area contributed by atoms with Crippen LogP contribution in [0.1, 0.15) is 33.6 Å². The van der Waals surface area contributed by atoms with Crippen molar-refractivity contribution in [3.8, 4) is 6.07 Å². The largest absolute Gasteiger partial charge is 0.469 e. The molecule has 0 heterocycles. The fraction of sp³-hybridized carbons (Fsp3) is 0.833. The molecule has 0 spiro atoms. The molecular weight excluding hydrogens is 238 g/mol. The van der Waals surface area contributed by atoms with Gasteiger partial charge in [0.05, 0.1) is 24.5 Å². The van der Waals surface area contributed by atoms with Gasteiger partial charge in [-0.1, -0.05) is 6.92 Å². The second-order valence-corrected chi connectivity index (χ2v) is 6.46. The molecule has 0 amide bonds. The maximum atomic E-state index is 11.7. The minimum Gasteiger partial charge on any atom is -0.469 e. The number of carbonyl (C=O) groups excluding carboxylic acids is 1. The van der Waals surface area contributed by atoms with Crippen molar-refractivity contribution in [2.24, 2.45) is 11.3 Å². The predicted octanol–water partition coefficient (Wildman–Crippen LogP) is 1.87. The third-order valence-corrected chi connectivity index (χ3v) is 4.13. The molecular formula is C12H21NO3S. The van der Waals surface area contributed by atoms with Gasteiger partial charge in [0.15, 0.2) is 0 Å². The minimum absolute atomic E-state index is 0.323. The second kappa shape index (κ2) is 7.44. The number of rotatable bonds is 7. The molecule has 2 atom stereocenters. The summed E-state index contributed by atoms with van der Waals surface area (Å²) in [5, 5.41) is 8.82. The summed E-state index contributed by atoms with van der Waals surface area (Å²) in [4.78, 5) is 11.1. The zero-order chi connectivity index (χ0) is 13.5. The Morgan fingerprint density at radius 2 is 2.12 bits per heavy atom. The van der Waals surface area contributed by atoms with Crippen LogP contribution in [0.4, 0.5) is 0 Å². The van der Waals surface area contributed by atoms with Gasteiger partial charge in [-0.2, -0.15) is 5.26 Å². The Hall–Kier alpha value is -0.890. The van der Waals surface area contributed by atoms with Gasteiger partial charge in [0.25, 0.3) is 0 Å². The summed E-state index contributed by atoms with van der Waals surface area (Å²) in [5.74, 6) is 0.215. The standard InChI is InChI=1S/C12H21NO3S/c1-10(11(14)16-4)8-17(15)7-5-6-12(2,3)9-13/h10H,5-8H2,1-4H3. The van der Waals surface area contributed by atoms with Crippen molar-refractivity contribution in [2.75, 3.05) is 18.6 Å². The Kier molecular flexibility index (Phi) is 7.05. The number of methoxy groups -OCH3 is 1. The van der Waals surface area contributed by atoms with Crippen LogP contribution >= 0.6 is 0 Å². The van der Waals surface area contributed by atoms with E-state index < -0.39 is 10.8 Å². The van der Waals surface area contributed by atoms with Crippen LogP contribution < -0.4 is 0 Å². The number of carbonyl (C=O) groups is 1. The minimum atomic E-state index is -1.02. The van der Waals surface area contributed by atoms with Crippen LogP contribution in [0.3, 0.4) is 0 Å². The quantitative estimate of drug-likeness (QED) is 0.655. The van der Waals surface area contributed by atoms with Gasteiger partial charge < -0.3 is 4.74 Å². The highest BCUT2D eigenvalue weighted by Crippen LogP contribution is 2.20. The van der Waals surface area contributed by atoms with E-state index in [-0.39, 0.29) is 17.3 Å². The Balaban J connectivity index is 3.90. The number of esters is 1. The van der Waals surface area contributed by atoms with Gasteiger partial charge in [0.1, 0.15) is 0 Å². The monoisotopic (exact) mass is 259 g/mol. The number of nitriles is 1. The first kappa shape index (κ1) is 16.1. The van der Waals surface area contributed by atoms with Crippen LogP contribution in [0.5, 0.6) is 0 Å². The molecule has 0 aromatic rings. The zero-order valence-electron chi connectivity index (χ0n) is 11.0. The molecule has 0 aliphatic heterocycles. The molecule has 5 heteroatoms. The molecule has 2 unspecified atom stereocenters. The van der Waals surface area contributed by atoms with Gasteiger partial charge >= 0.3 is 5.97 Å². The van der Waals surface area contributed by atoms with Crippen molar-refractivity contribution in [2.45, 2.75) is 33.6 Å². The molecule has 4 nitrogen and oxygen atoms in total. The maximum absolute atomic E-state index is 11.7. The Morgan fingerprint density at radius 1 is 1.53 bits per heavy atom. The highest BCUT2D eigenvalue weighted by molar-refractivity contribution is 7.85. The molecule has 0 N–H and O–H groups in total. The summed E-state index contributed by atoms with van der Waals surface area (Å²) in [6.45, 7) is 5.45. The lowest BCUT2D eigenvalue weighted by Crippen LogP contribution is -2.21. The lowest BCUT2D eigenvalue weighted by Gasteiger charge is -2.14. The molecule has 0 aliphatic carbocycles. The molecule has 98 valence electrons. The van der Waals surface area contributed by atoms with Crippen LogP contribution in [0, 0.1) is 22.7 Å². The predicted molar refractivity (Wildman–Crippen MR) is 67.7 cm³/mol. The Bertz CT molecular complexity index is 320. The van der Waals surface area contributed by atoms with Crippen molar-refractivity contribution < 1.29 is 13.7 Å². The van der Waals surface area contributed by atoms with E-state index in [1.165, 1.54) is 7.11 Å². The molecule has 0 bridgehead atoms. The van der Waals surface area contributed by atoms with E-state index in [4.69, 9.17) is 5.26 Å². The topological polar surface area (TPSA) is 67.2 Å². The first-order chi connectivity index (χ1) is 7.82. The summed E-state index contributed by atoms with van der Waals surface area (Å²) >= 11 is 0. The van der Waals surface area contributed by atoms with Crippen LogP contribution in [-0.4, -0.2) is 28.8 Å². The van der Waals surface area contributed by atoms with E-state index in [2.05, 4.69) is 10.8 Å². The molecule has 0 rings (SSSR count). The summed E-state index contributed by atoms with van der Waals surface area (Å²) in [7, 11) is 0.311. The average Bonchev–Trinajstić information content (AvgIpc) is 2.27. The van der Waals surface area contributed by atoms with Crippen molar-refractivity contribution >= 4 is 16.8 Å². The summed E-state index contributed by atoms with van der Waals surface area (Å²) in [6.07, 6.45) is 1.46. The van der Waals surface area contributed by atoms with Crippen molar-refractivity contribution in [3.63, 3.8) is 0 Å². The molecule has 0 saturated carbocycles. The highest BCUT2D eigenvalue weighted by Gasteiger charge is 2.19. The smallest absolute Gasteiger partial charge is 0.309 e. The van der Waals surface area contributed by atoms with Crippen molar-refractivity contribution in [1.29, 1.82) is 5.26 Å². The molecule has 0 saturated heterocycles. The zero-order valence-corrected chi connectivity index (χ0v) is 11.8. The number of ether oxygens (including phenoxy) is 1. The van der Waals surface area contributed by atoms with Crippen LogP contribution in [0.25, 0.3) is 0 Å². The van der Waals surface area contributed by atoms with Gasteiger partial charge in [-0.05, 0) is 26.7 Å². The van der Waals surface area contributed by atoms with E-state index in [1.54, 1.807) is 6.92 Å². The third kappa shape index (κ3) is 7.11. The highest BCUT2D eigenvalue weighted by atomic mass is 32.2. The molecule has 0 fully saturated rings. The van der Waals surface area contributed by atoms with Gasteiger partial charge in [0.2, 0.25) is 0 Å². The van der Waals surface area contributed by atoms with Gasteiger partial charge in [-0.3, -0.25) is 9.00 Å². The van der Waals surface area contributed by atoms with E-state index in [0.717, 1.165) is 12.8 Å². The van der Waals surface area contributed by atoms with E-state index >= 15 is 0 Å². The Morgan fingerprint density at radius 3 is 2.59 bits per heavy atom. The van der Waals surface area contributed by atoms with Crippen molar-refractivity contribution in [3.05, 3.63) is 0 Å². The fourth-order valence-electron chi connectivity index (χ4n) is 1.36. The number of nitrogens with zero attached hydrogens (tertiary/aromatic N) is 1. The molecule has 0 aliphatic rings. The van der Waals surface area contributed by atoms with Crippen LogP contribution in [-0.2, 0) is 20.3 Å². The van der Waals surface area contributed by atoms with E-state index in [1.807, 2.05) is 13.8 Å². The number of hydrogen-bond acceptors (Lipinski definition) is 4. The van der Waals surface area contributed by atoms with Gasteiger partial charge in [-0.25, -0.2) is 0 Å². The van der Waals surface area contributed by atoms with Crippen LogP contribution in [0.2, 0.25) is 0 Å². The normalized spacial score (nSPS) is 14.8. The average molecular weight is 259 g/mol. The Labute approximate surface area is 106 Å². The fourth-order valence-corrected chi connectivity index (χ4v) is 2.69. The first-order valence-corrected chi connectivity index (χ1v) is 7.15. The van der Waals surface area contributed by atoms with Gasteiger partial charge in [0, 0.05) is 22.3 Å². The first-order valence-electron chi connectivity index (χ1n) is 5.66. The van der Waals surface area contributed by atoms with Gasteiger partial charge in [-0.15, -0.1) is 0 Å². The molecule has 0 radical (unpaired) electrons. The number of hydrogen-bond donors (Lipinski definition) is 0. The summed E-state index contributed by atoms with van der Waals surface area (Å²) in [5.41, 5.74) is -0.363.